The molecular formula is C26H31FN4O6. The average Bonchev–Trinajstić information content (AvgIpc) is 3.45. The minimum Gasteiger partial charge on any atom is -0.463 e. The molecule has 3 rings (SSSR count). The molecule has 0 aliphatic carbocycles. The monoisotopic (exact) mass is 514 g/mol. The lowest BCUT2D eigenvalue weighted by Gasteiger charge is -2.23. The van der Waals surface area contributed by atoms with Gasteiger partial charge < -0.3 is 24.6 Å². The number of nitrogens with one attached hydrogen (secondary N) is 2. The molecule has 11 heteroatoms. The van der Waals surface area contributed by atoms with Crippen LogP contribution in [-0.4, -0.2) is 78.6 Å². The molecule has 2 aromatic carbocycles. The van der Waals surface area contributed by atoms with Crippen molar-refractivity contribution in [2.75, 3.05) is 40.1 Å². The summed E-state index contributed by atoms with van der Waals surface area (Å²) in [6, 6.07) is 13.3. The fraction of sp³-hybridized carbons (Fsp3) is 0.385. The smallest absolute Gasteiger partial charge is 0.311 e. The van der Waals surface area contributed by atoms with Gasteiger partial charge in [-0.25, -0.2) is 4.39 Å². The number of carbonyl (C=O) groups is 2. The number of nitrogens with zero attached hydrogens (tertiary/aromatic N) is 2. The van der Waals surface area contributed by atoms with Gasteiger partial charge in [-0.3, -0.25) is 14.7 Å². The Morgan fingerprint density at radius 3 is 2.54 bits per heavy atom. The topological polar surface area (TPSA) is 136 Å². The molecule has 3 aromatic rings. The summed E-state index contributed by atoms with van der Waals surface area (Å²) in [5.74, 6) is -2.19. The Morgan fingerprint density at radius 2 is 1.86 bits per heavy atom. The molecule has 10 nitrogen and oxygen atoms in total. The summed E-state index contributed by atoms with van der Waals surface area (Å²) in [6.45, 7) is 0.616. The number of aliphatic hydroxyl groups is 1. The fourth-order valence-electron chi connectivity index (χ4n) is 3.70. The Kier molecular flexibility index (Phi) is 11.2. The van der Waals surface area contributed by atoms with E-state index in [0.717, 1.165) is 16.7 Å². The molecule has 1 heterocycles. The lowest BCUT2D eigenvalue weighted by atomic mass is 9.94. The highest BCUT2D eigenvalue weighted by atomic mass is 19.1. The van der Waals surface area contributed by atoms with Crippen LogP contribution < -0.4 is 5.32 Å². The van der Waals surface area contributed by atoms with Crippen molar-refractivity contribution in [1.82, 2.24) is 20.7 Å². The van der Waals surface area contributed by atoms with Gasteiger partial charge in [0.25, 0.3) is 5.91 Å². The van der Waals surface area contributed by atoms with Crippen LogP contribution in [0.3, 0.4) is 0 Å². The van der Waals surface area contributed by atoms with E-state index in [0.29, 0.717) is 19.6 Å². The molecule has 0 bridgehead atoms. The maximum Gasteiger partial charge on any atom is 0.311 e. The number of esters is 1. The summed E-state index contributed by atoms with van der Waals surface area (Å²) in [4.78, 5) is 25.2. The minimum atomic E-state index is -0.851. The van der Waals surface area contributed by atoms with E-state index in [4.69, 9.17) is 14.2 Å². The van der Waals surface area contributed by atoms with E-state index in [1.807, 2.05) is 30.3 Å². The molecule has 0 fully saturated rings. The SMILES string of the molecule is COCCOCCOC(=O)[C@H](CO)C[C@@H](Cc1ccc(-c2cccc(F)c2)cc1)NC(=O)c1cnn[nH]1. The first-order valence-electron chi connectivity index (χ1n) is 11.9. The molecule has 0 aliphatic heterocycles. The van der Waals surface area contributed by atoms with Crippen molar-refractivity contribution in [1.29, 1.82) is 0 Å². The van der Waals surface area contributed by atoms with Crippen LogP contribution in [0.2, 0.25) is 0 Å². The van der Waals surface area contributed by atoms with Gasteiger partial charge in [0.1, 0.15) is 18.1 Å². The normalized spacial score (nSPS) is 12.6. The molecule has 0 saturated heterocycles. The zero-order chi connectivity index (χ0) is 26.5. The number of aromatic amines is 1. The van der Waals surface area contributed by atoms with Crippen molar-refractivity contribution in [2.24, 2.45) is 5.92 Å². The molecule has 0 aliphatic rings. The molecule has 1 aromatic heterocycles. The van der Waals surface area contributed by atoms with Crippen molar-refractivity contribution in [3.63, 3.8) is 0 Å². The zero-order valence-electron chi connectivity index (χ0n) is 20.6. The Labute approximate surface area is 214 Å². The van der Waals surface area contributed by atoms with E-state index < -0.39 is 30.4 Å². The second-order valence-corrected chi connectivity index (χ2v) is 8.34. The molecule has 198 valence electrons. The van der Waals surface area contributed by atoms with E-state index in [1.165, 1.54) is 18.3 Å². The highest BCUT2D eigenvalue weighted by Crippen LogP contribution is 2.22. The zero-order valence-corrected chi connectivity index (χ0v) is 20.6. The number of hydrogen-bond donors (Lipinski definition) is 3. The number of aliphatic hydroxyl groups excluding tert-OH is 1. The summed E-state index contributed by atoms with van der Waals surface area (Å²) in [5, 5.41) is 22.4. The maximum atomic E-state index is 13.6. The number of amides is 1. The first kappa shape index (κ1) is 27.9. The second kappa shape index (κ2) is 14.8. The van der Waals surface area contributed by atoms with Gasteiger partial charge in [-0.05, 0) is 41.7 Å². The quantitative estimate of drug-likeness (QED) is 0.207. The third kappa shape index (κ3) is 9.05. The van der Waals surface area contributed by atoms with Gasteiger partial charge in [0.15, 0.2) is 0 Å². The number of halogens is 1. The van der Waals surface area contributed by atoms with Crippen molar-refractivity contribution in [2.45, 2.75) is 18.9 Å². The molecule has 0 unspecified atom stereocenters. The highest BCUT2D eigenvalue weighted by Gasteiger charge is 2.26. The number of hydrogen-bond acceptors (Lipinski definition) is 8. The van der Waals surface area contributed by atoms with Crippen LogP contribution in [0.1, 0.15) is 22.5 Å². The van der Waals surface area contributed by atoms with Crippen molar-refractivity contribution >= 4 is 11.9 Å². The van der Waals surface area contributed by atoms with E-state index in [1.54, 1.807) is 13.2 Å². The molecule has 0 saturated carbocycles. The summed E-state index contributed by atoms with van der Waals surface area (Å²) >= 11 is 0. The number of benzene rings is 2. The van der Waals surface area contributed by atoms with Crippen LogP contribution in [0.25, 0.3) is 11.1 Å². The predicted molar refractivity (Wildman–Crippen MR) is 132 cm³/mol. The third-order valence-corrected chi connectivity index (χ3v) is 5.62. The Morgan fingerprint density at radius 1 is 1.08 bits per heavy atom. The minimum absolute atomic E-state index is 0.0391. The van der Waals surface area contributed by atoms with Crippen LogP contribution in [0.5, 0.6) is 0 Å². The van der Waals surface area contributed by atoms with Crippen molar-refractivity contribution in [3.05, 3.63) is 71.8 Å². The van der Waals surface area contributed by atoms with Crippen LogP contribution in [0.15, 0.2) is 54.7 Å². The van der Waals surface area contributed by atoms with Gasteiger partial charge in [-0.15, -0.1) is 5.10 Å². The molecular weight excluding hydrogens is 483 g/mol. The summed E-state index contributed by atoms with van der Waals surface area (Å²) in [7, 11) is 1.56. The second-order valence-electron chi connectivity index (χ2n) is 8.34. The average molecular weight is 515 g/mol. The van der Waals surface area contributed by atoms with Gasteiger partial charge in [0, 0.05) is 13.2 Å². The first-order chi connectivity index (χ1) is 18.0. The number of rotatable bonds is 15. The maximum absolute atomic E-state index is 13.6. The molecule has 0 radical (unpaired) electrons. The predicted octanol–water partition coefficient (Wildman–Crippen LogP) is 2.16. The summed E-state index contributed by atoms with van der Waals surface area (Å²) in [6.07, 6.45) is 1.81. The van der Waals surface area contributed by atoms with Gasteiger partial charge in [-0.2, -0.15) is 0 Å². The largest absolute Gasteiger partial charge is 0.463 e. The van der Waals surface area contributed by atoms with Crippen molar-refractivity contribution < 1.29 is 33.3 Å². The van der Waals surface area contributed by atoms with Gasteiger partial charge >= 0.3 is 5.97 Å². The number of methoxy groups -OCH3 is 1. The fourth-order valence-corrected chi connectivity index (χ4v) is 3.70. The Hall–Kier alpha value is -3.67. The molecule has 37 heavy (non-hydrogen) atoms. The molecule has 3 N–H and O–H groups in total. The van der Waals surface area contributed by atoms with E-state index in [-0.39, 0.29) is 31.1 Å². The molecule has 0 spiro atoms. The summed E-state index contributed by atoms with van der Waals surface area (Å²) in [5.41, 5.74) is 2.64. The van der Waals surface area contributed by atoms with Crippen LogP contribution in [-0.2, 0) is 25.4 Å². The first-order valence-corrected chi connectivity index (χ1v) is 11.9. The molecule has 2 atom stereocenters. The number of aromatic nitrogens is 3. The van der Waals surface area contributed by atoms with Crippen LogP contribution in [0, 0.1) is 11.7 Å². The number of H-pyrrole nitrogens is 1. The Bertz CT molecular complexity index is 1110. The van der Waals surface area contributed by atoms with E-state index in [2.05, 4.69) is 20.7 Å². The summed E-state index contributed by atoms with van der Waals surface area (Å²) < 4.78 is 29.0. The van der Waals surface area contributed by atoms with Crippen molar-refractivity contribution in [3.8, 4) is 11.1 Å². The lowest BCUT2D eigenvalue weighted by Crippen LogP contribution is -2.40. The Balaban J connectivity index is 1.65. The van der Waals surface area contributed by atoms with E-state index in [9.17, 15) is 19.1 Å². The lowest BCUT2D eigenvalue weighted by molar-refractivity contribution is -0.152. The third-order valence-electron chi connectivity index (χ3n) is 5.62. The van der Waals surface area contributed by atoms with Gasteiger partial charge in [-0.1, -0.05) is 41.6 Å². The van der Waals surface area contributed by atoms with Crippen LogP contribution >= 0.6 is 0 Å². The van der Waals surface area contributed by atoms with E-state index >= 15 is 0 Å². The molecule has 1 amide bonds. The standard InChI is InChI=1S/C26H31FN4O6/c1-35-9-10-36-11-12-37-26(34)21(17-32)15-23(29-25(33)24-16-28-31-30-24)13-18-5-7-19(8-6-18)20-3-2-4-22(27)14-20/h2-8,14,16,21,23,32H,9-13,15,17H2,1H3,(H,29,33)(H,28,30,31)/t21-,23+/m0/s1. The number of ether oxygens (including phenoxy) is 3. The highest BCUT2D eigenvalue weighted by molar-refractivity contribution is 5.92. The number of carbonyl (C=O) groups excluding carboxylic acids is 2. The van der Waals surface area contributed by atoms with Crippen LogP contribution in [0.4, 0.5) is 4.39 Å². The van der Waals surface area contributed by atoms with Gasteiger partial charge in [0.05, 0.1) is 38.5 Å². The van der Waals surface area contributed by atoms with Gasteiger partial charge in [0.2, 0.25) is 0 Å².